The van der Waals surface area contributed by atoms with Gasteiger partial charge < -0.3 is 4.90 Å². The molecule has 0 bridgehead atoms. The third-order valence-corrected chi connectivity index (χ3v) is 2.23. The normalized spacial score (nSPS) is 11.1. The Hall–Kier alpha value is -1.64. The topological polar surface area (TPSA) is 33.2 Å². The molecular weight excluding hydrogens is 200 g/mol. The van der Waals surface area contributed by atoms with Crippen molar-refractivity contribution in [2.24, 2.45) is 0 Å². The third-order valence-electron chi connectivity index (χ3n) is 2.23. The van der Waals surface area contributed by atoms with Gasteiger partial charge in [-0.25, -0.2) is 0 Å². The lowest BCUT2D eigenvalue weighted by molar-refractivity contribution is 0.104. The Morgan fingerprint density at radius 2 is 2.12 bits per heavy atom. The lowest BCUT2D eigenvalue weighted by Crippen LogP contribution is -2.05. The van der Waals surface area contributed by atoms with Crippen LogP contribution in [0.5, 0.6) is 0 Å². The van der Waals surface area contributed by atoms with Crippen molar-refractivity contribution < 1.29 is 4.79 Å². The predicted octanol–water partition coefficient (Wildman–Crippen LogP) is 2.46. The number of carbonyl (C=O) groups excluding carboxylic acids is 1. The number of carbonyl (C=O) groups is 1. The Morgan fingerprint density at radius 3 is 2.69 bits per heavy atom. The summed E-state index contributed by atoms with van der Waals surface area (Å²) in [5.41, 5.74) is 1.64. The van der Waals surface area contributed by atoms with E-state index in [1.807, 2.05) is 31.1 Å². The summed E-state index contributed by atoms with van der Waals surface area (Å²) in [6.07, 6.45) is 4.95. The van der Waals surface area contributed by atoms with E-state index in [0.717, 1.165) is 5.56 Å². The molecule has 0 saturated carbocycles. The second-order valence-electron chi connectivity index (χ2n) is 4.27. The molecule has 0 aliphatic heterocycles. The van der Waals surface area contributed by atoms with Gasteiger partial charge in [-0.05, 0) is 23.6 Å². The first-order chi connectivity index (χ1) is 7.50. The van der Waals surface area contributed by atoms with E-state index in [4.69, 9.17) is 0 Å². The van der Waals surface area contributed by atoms with Crippen molar-refractivity contribution in [3.8, 4) is 0 Å². The summed E-state index contributed by atoms with van der Waals surface area (Å²) in [5, 5.41) is 0. The minimum absolute atomic E-state index is 0.0591. The average molecular weight is 218 g/mol. The van der Waals surface area contributed by atoms with Gasteiger partial charge in [-0.2, -0.15) is 0 Å². The smallest absolute Gasteiger partial charge is 0.205 e. The molecule has 0 amide bonds. The van der Waals surface area contributed by atoms with E-state index in [0.29, 0.717) is 11.6 Å². The number of hydrogen-bond donors (Lipinski definition) is 0. The van der Waals surface area contributed by atoms with Crippen LogP contribution in [0.1, 0.15) is 35.8 Å². The number of allylic oxidation sites excluding steroid dienone is 1. The number of hydrogen-bond acceptors (Lipinski definition) is 3. The lowest BCUT2D eigenvalue weighted by atomic mass is 10.0. The van der Waals surface area contributed by atoms with E-state index in [1.165, 1.54) is 6.08 Å². The van der Waals surface area contributed by atoms with Crippen LogP contribution in [0, 0.1) is 0 Å². The van der Waals surface area contributed by atoms with Crippen molar-refractivity contribution >= 4 is 5.78 Å². The molecule has 0 atom stereocenters. The average Bonchev–Trinajstić information content (AvgIpc) is 2.26. The van der Waals surface area contributed by atoms with Crippen LogP contribution in [0.3, 0.4) is 0 Å². The van der Waals surface area contributed by atoms with E-state index in [-0.39, 0.29) is 5.78 Å². The molecule has 0 N–H and O–H groups in total. The van der Waals surface area contributed by atoms with Crippen molar-refractivity contribution in [2.75, 3.05) is 14.1 Å². The molecule has 0 aliphatic carbocycles. The minimum Gasteiger partial charge on any atom is -0.383 e. The number of rotatable bonds is 4. The van der Waals surface area contributed by atoms with Crippen LogP contribution in [-0.4, -0.2) is 29.8 Å². The van der Waals surface area contributed by atoms with Crippen LogP contribution < -0.4 is 0 Å². The first-order valence-electron chi connectivity index (χ1n) is 5.35. The van der Waals surface area contributed by atoms with E-state index in [2.05, 4.69) is 18.8 Å². The zero-order valence-corrected chi connectivity index (χ0v) is 10.3. The lowest BCUT2D eigenvalue weighted by Gasteiger charge is -2.06. The number of aromatic nitrogens is 1. The van der Waals surface area contributed by atoms with E-state index in [1.54, 1.807) is 12.4 Å². The van der Waals surface area contributed by atoms with Crippen molar-refractivity contribution in [1.82, 2.24) is 9.88 Å². The summed E-state index contributed by atoms with van der Waals surface area (Å²) < 4.78 is 0. The molecule has 16 heavy (non-hydrogen) atoms. The standard InChI is InChI=1S/C13H18N2O/c1-10(2)11-5-7-14-12(9-11)13(16)6-8-15(3)4/h5-10H,1-4H3. The number of ketones is 1. The minimum atomic E-state index is -0.0591. The molecule has 0 fully saturated rings. The Morgan fingerprint density at radius 1 is 1.44 bits per heavy atom. The summed E-state index contributed by atoms with van der Waals surface area (Å²) in [6.45, 7) is 4.19. The van der Waals surface area contributed by atoms with E-state index < -0.39 is 0 Å². The molecule has 0 aliphatic rings. The Labute approximate surface area is 96.8 Å². The molecular formula is C13H18N2O. The van der Waals surface area contributed by atoms with Gasteiger partial charge in [0.15, 0.2) is 0 Å². The monoisotopic (exact) mass is 218 g/mol. The molecule has 3 nitrogen and oxygen atoms in total. The summed E-state index contributed by atoms with van der Waals surface area (Å²) in [6, 6.07) is 3.80. The van der Waals surface area contributed by atoms with Crippen LogP contribution in [0.15, 0.2) is 30.6 Å². The van der Waals surface area contributed by atoms with Crippen LogP contribution in [0.4, 0.5) is 0 Å². The van der Waals surface area contributed by atoms with Crippen molar-refractivity contribution in [3.05, 3.63) is 41.9 Å². The maximum absolute atomic E-state index is 11.7. The first-order valence-corrected chi connectivity index (χ1v) is 5.35. The number of pyridine rings is 1. The van der Waals surface area contributed by atoms with E-state index >= 15 is 0 Å². The highest BCUT2D eigenvalue weighted by molar-refractivity contribution is 6.03. The Balaban J connectivity index is 2.88. The maximum atomic E-state index is 11.7. The fourth-order valence-corrected chi connectivity index (χ4v) is 1.24. The summed E-state index contributed by atoms with van der Waals surface area (Å²) in [4.78, 5) is 17.7. The molecule has 1 heterocycles. The summed E-state index contributed by atoms with van der Waals surface area (Å²) in [5.74, 6) is 0.351. The first kappa shape index (κ1) is 12.4. The van der Waals surface area contributed by atoms with E-state index in [9.17, 15) is 4.79 Å². The molecule has 0 unspecified atom stereocenters. The maximum Gasteiger partial charge on any atom is 0.205 e. The summed E-state index contributed by atoms with van der Waals surface area (Å²) in [7, 11) is 3.75. The molecule has 1 aromatic heterocycles. The quantitative estimate of drug-likeness (QED) is 0.575. The molecule has 86 valence electrons. The highest BCUT2D eigenvalue weighted by Gasteiger charge is 2.06. The zero-order valence-electron chi connectivity index (χ0n) is 10.3. The van der Waals surface area contributed by atoms with Gasteiger partial charge in [0.25, 0.3) is 0 Å². The largest absolute Gasteiger partial charge is 0.383 e. The van der Waals surface area contributed by atoms with Gasteiger partial charge in [0, 0.05) is 32.6 Å². The molecule has 0 aromatic carbocycles. The van der Waals surface area contributed by atoms with Crippen LogP contribution >= 0.6 is 0 Å². The second kappa shape index (κ2) is 5.45. The fourth-order valence-electron chi connectivity index (χ4n) is 1.24. The molecule has 0 saturated heterocycles. The number of nitrogens with zero attached hydrogens (tertiary/aromatic N) is 2. The zero-order chi connectivity index (χ0) is 12.1. The fraction of sp³-hybridized carbons (Fsp3) is 0.385. The molecule has 1 rings (SSSR count). The van der Waals surface area contributed by atoms with Gasteiger partial charge in [-0.1, -0.05) is 13.8 Å². The van der Waals surface area contributed by atoms with Crippen LogP contribution in [0.2, 0.25) is 0 Å². The van der Waals surface area contributed by atoms with Crippen LogP contribution in [-0.2, 0) is 0 Å². The van der Waals surface area contributed by atoms with Crippen molar-refractivity contribution in [2.45, 2.75) is 19.8 Å². The van der Waals surface area contributed by atoms with Gasteiger partial charge in [0.1, 0.15) is 5.69 Å². The third kappa shape index (κ3) is 3.50. The predicted molar refractivity (Wildman–Crippen MR) is 65.5 cm³/mol. The Kier molecular flexibility index (Phi) is 4.23. The molecule has 1 aromatic rings. The second-order valence-corrected chi connectivity index (χ2v) is 4.27. The van der Waals surface area contributed by atoms with Gasteiger partial charge in [0.05, 0.1) is 0 Å². The van der Waals surface area contributed by atoms with Gasteiger partial charge in [-0.15, -0.1) is 0 Å². The molecule has 0 spiro atoms. The molecule has 0 radical (unpaired) electrons. The summed E-state index contributed by atoms with van der Waals surface area (Å²) >= 11 is 0. The van der Waals surface area contributed by atoms with Gasteiger partial charge in [-0.3, -0.25) is 9.78 Å². The van der Waals surface area contributed by atoms with Crippen LogP contribution in [0.25, 0.3) is 0 Å². The van der Waals surface area contributed by atoms with Gasteiger partial charge in [0.2, 0.25) is 5.78 Å². The van der Waals surface area contributed by atoms with Crippen molar-refractivity contribution in [1.29, 1.82) is 0 Å². The highest BCUT2D eigenvalue weighted by Crippen LogP contribution is 2.14. The molecule has 3 heteroatoms. The van der Waals surface area contributed by atoms with Crippen molar-refractivity contribution in [3.63, 3.8) is 0 Å². The Bertz CT molecular complexity index is 395. The highest BCUT2D eigenvalue weighted by atomic mass is 16.1. The van der Waals surface area contributed by atoms with Gasteiger partial charge >= 0.3 is 0 Å². The SMILES string of the molecule is CC(C)c1ccnc(C(=O)C=CN(C)C)c1.